The van der Waals surface area contributed by atoms with Gasteiger partial charge in [0.05, 0.1) is 6.61 Å². The Kier molecular flexibility index (Phi) is 3.89. The van der Waals surface area contributed by atoms with Crippen LogP contribution >= 0.6 is 0 Å². The fourth-order valence-corrected chi connectivity index (χ4v) is 2.65. The number of nitrogens with one attached hydrogen (secondary N) is 1. The molecule has 2 atom stereocenters. The van der Waals surface area contributed by atoms with Crippen molar-refractivity contribution in [3.8, 4) is 11.5 Å². The lowest BCUT2D eigenvalue weighted by Crippen LogP contribution is -2.38. The smallest absolute Gasteiger partial charge is 0.161 e. The molecule has 0 aromatic heterocycles. The summed E-state index contributed by atoms with van der Waals surface area (Å²) in [5.41, 5.74) is 1.23. The monoisotopic (exact) mass is 263 g/mol. The van der Waals surface area contributed by atoms with Crippen LogP contribution in [0.3, 0.4) is 0 Å². The molecule has 1 aromatic rings. The minimum absolute atomic E-state index is 0.294. The molecular formula is C15H21NO3. The van der Waals surface area contributed by atoms with Crippen LogP contribution < -0.4 is 14.8 Å². The van der Waals surface area contributed by atoms with Crippen LogP contribution in [0.5, 0.6) is 11.5 Å². The van der Waals surface area contributed by atoms with E-state index < -0.39 is 0 Å². The van der Waals surface area contributed by atoms with Gasteiger partial charge in [-0.1, -0.05) is 6.07 Å². The molecule has 2 aliphatic heterocycles. The normalized spacial score (nSPS) is 23.9. The first kappa shape index (κ1) is 12.8. The lowest BCUT2D eigenvalue weighted by Gasteiger charge is -2.27. The highest BCUT2D eigenvalue weighted by Gasteiger charge is 2.18. The van der Waals surface area contributed by atoms with Crippen molar-refractivity contribution in [1.82, 2.24) is 5.32 Å². The Balaban J connectivity index is 1.67. The number of rotatable bonds is 3. The van der Waals surface area contributed by atoms with Crippen molar-refractivity contribution in [2.24, 2.45) is 0 Å². The Morgan fingerprint density at radius 2 is 2.00 bits per heavy atom. The maximum absolute atomic E-state index is 5.63. The lowest BCUT2D eigenvalue weighted by atomic mass is 10.0. The van der Waals surface area contributed by atoms with Crippen LogP contribution in [0.2, 0.25) is 0 Å². The summed E-state index contributed by atoms with van der Waals surface area (Å²) in [7, 11) is 0. The zero-order chi connectivity index (χ0) is 13.1. The quantitative estimate of drug-likeness (QED) is 0.908. The number of hydrogen-bond donors (Lipinski definition) is 1. The van der Waals surface area contributed by atoms with Gasteiger partial charge in [0, 0.05) is 18.7 Å². The van der Waals surface area contributed by atoms with E-state index in [0.717, 1.165) is 31.1 Å². The number of hydrogen-bond acceptors (Lipinski definition) is 4. The Labute approximate surface area is 114 Å². The van der Waals surface area contributed by atoms with Crippen LogP contribution in [0.1, 0.15) is 31.4 Å². The Morgan fingerprint density at radius 3 is 2.79 bits per heavy atom. The van der Waals surface area contributed by atoms with Crippen LogP contribution in [-0.4, -0.2) is 32.5 Å². The molecular weight excluding hydrogens is 242 g/mol. The number of fused-ring (bicyclic) bond motifs is 1. The molecule has 1 saturated heterocycles. The van der Waals surface area contributed by atoms with Gasteiger partial charge in [-0.3, -0.25) is 0 Å². The predicted molar refractivity (Wildman–Crippen MR) is 72.8 cm³/mol. The fraction of sp³-hybridized carbons (Fsp3) is 0.600. The van der Waals surface area contributed by atoms with Gasteiger partial charge in [0.25, 0.3) is 0 Å². The van der Waals surface area contributed by atoms with Crippen LogP contribution in [-0.2, 0) is 4.74 Å². The molecule has 0 radical (unpaired) electrons. The first-order chi connectivity index (χ1) is 9.33. The molecule has 2 heterocycles. The van der Waals surface area contributed by atoms with Gasteiger partial charge in [0.15, 0.2) is 11.5 Å². The third kappa shape index (κ3) is 3.01. The summed E-state index contributed by atoms with van der Waals surface area (Å²) in [6.07, 6.45) is 2.33. The van der Waals surface area contributed by atoms with Gasteiger partial charge in [-0.2, -0.15) is 0 Å². The summed E-state index contributed by atoms with van der Waals surface area (Å²) >= 11 is 0. The summed E-state index contributed by atoms with van der Waals surface area (Å²) in [5.74, 6) is 1.71. The van der Waals surface area contributed by atoms with Gasteiger partial charge >= 0.3 is 0 Å². The van der Waals surface area contributed by atoms with E-state index in [9.17, 15) is 0 Å². The Bertz CT molecular complexity index is 429. The first-order valence-corrected chi connectivity index (χ1v) is 7.06. The molecule has 2 unspecified atom stereocenters. The van der Waals surface area contributed by atoms with E-state index in [-0.39, 0.29) is 0 Å². The Hall–Kier alpha value is -1.26. The van der Waals surface area contributed by atoms with Crippen molar-refractivity contribution in [1.29, 1.82) is 0 Å². The van der Waals surface area contributed by atoms with E-state index in [0.29, 0.717) is 25.3 Å². The molecule has 0 aliphatic carbocycles. The molecule has 4 heteroatoms. The van der Waals surface area contributed by atoms with Gasteiger partial charge < -0.3 is 19.5 Å². The van der Waals surface area contributed by atoms with E-state index in [4.69, 9.17) is 14.2 Å². The largest absolute Gasteiger partial charge is 0.486 e. The molecule has 0 saturated carbocycles. The van der Waals surface area contributed by atoms with Crippen molar-refractivity contribution >= 4 is 0 Å². The summed E-state index contributed by atoms with van der Waals surface area (Å²) in [6.45, 7) is 5.17. The second-order valence-corrected chi connectivity index (χ2v) is 5.21. The molecule has 2 aliphatic rings. The predicted octanol–water partition coefficient (Wildman–Crippen LogP) is 2.29. The van der Waals surface area contributed by atoms with Gasteiger partial charge in [-0.05, 0) is 37.5 Å². The highest BCUT2D eigenvalue weighted by Crippen LogP contribution is 2.32. The van der Waals surface area contributed by atoms with Crippen LogP contribution in [0.25, 0.3) is 0 Å². The van der Waals surface area contributed by atoms with Gasteiger partial charge in [0.1, 0.15) is 13.2 Å². The third-order valence-corrected chi connectivity index (χ3v) is 3.71. The van der Waals surface area contributed by atoms with Crippen LogP contribution in [0, 0.1) is 0 Å². The maximum Gasteiger partial charge on any atom is 0.161 e. The minimum Gasteiger partial charge on any atom is -0.486 e. The molecule has 1 aromatic carbocycles. The summed E-state index contributed by atoms with van der Waals surface area (Å²) in [4.78, 5) is 0. The van der Waals surface area contributed by atoms with E-state index in [1.165, 1.54) is 12.0 Å². The van der Waals surface area contributed by atoms with E-state index in [2.05, 4.69) is 24.4 Å². The maximum atomic E-state index is 5.63. The minimum atomic E-state index is 0.294. The van der Waals surface area contributed by atoms with Crippen molar-refractivity contribution in [3.05, 3.63) is 23.8 Å². The standard InChI is InChI=1S/C15H21NO3/c1-11(16-13-3-2-6-17-10-13)12-4-5-14-15(9-12)19-8-7-18-14/h4-5,9,11,13,16H,2-3,6-8,10H2,1H3. The van der Waals surface area contributed by atoms with E-state index >= 15 is 0 Å². The third-order valence-electron chi connectivity index (χ3n) is 3.71. The highest BCUT2D eigenvalue weighted by atomic mass is 16.6. The van der Waals surface area contributed by atoms with Crippen LogP contribution in [0.4, 0.5) is 0 Å². The average Bonchev–Trinajstić information content (AvgIpc) is 2.48. The number of ether oxygens (including phenoxy) is 3. The summed E-state index contributed by atoms with van der Waals surface area (Å²) in [6, 6.07) is 6.93. The molecule has 1 N–H and O–H groups in total. The van der Waals surface area contributed by atoms with Crippen molar-refractivity contribution < 1.29 is 14.2 Å². The highest BCUT2D eigenvalue weighted by molar-refractivity contribution is 5.44. The van der Waals surface area contributed by atoms with Crippen molar-refractivity contribution in [3.63, 3.8) is 0 Å². The summed E-state index contributed by atoms with van der Waals surface area (Å²) in [5, 5.41) is 3.62. The zero-order valence-corrected chi connectivity index (χ0v) is 11.4. The lowest BCUT2D eigenvalue weighted by molar-refractivity contribution is 0.0670. The van der Waals surface area contributed by atoms with Gasteiger partial charge in [-0.25, -0.2) is 0 Å². The van der Waals surface area contributed by atoms with Gasteiger partial charge in [-0.15, -0.1) is 0 Å². The van der Waals surface area contributed by atoms with Crippen LogP contribution in [0.15, 0.2) is 18.2 Å². The molecule has 19 heavy (non-hydrogen) atoms. The summed E-state index contributed by atoms with van der Waals surface area (Å²) < 4.78 is 16.7. The fourth-order valence-electron chi connectivity index (χ4n) is 2.65. The second-order valence-electron chi connectivity index (χ2n) is 5.21. The molecule has 104 valence electrons. The molecule has 4 nitrogen and oxygen atoms in total. The average molecular weight is 263 g/mol. The molecule has 0 amide bonds. The zero-order valence-electron chi connectivity index (χ0n) is 11.4. The van der Waals surface area contributed by atoms with E-state index in [1.54, 1.807) is 0 Å². The van der Waals surface area contributed by atoms with Crippen molar-refractivity contribution in [2.45, 2.75) is 31.8 Å². The van der Waals surface area contributed by atoms with Gasteiger partial charge in [0.2, 0.25) is 0 Å². The number of benzene rings is 1. The molecule has 0 bridgehead atoms. The molecule has 3 rings (SSSR count). The van der Waals surface area contributed by atoms with E-state index in [1.807, 2.05) is 6.07 Å². The Morgan fingerprint density at radius 1 is 1.16 bits per heavy atom. The molecule has 1 fully saturated rings. The molecule has 0 spiro atoms. The SMILES string of the molecule is CC(NC1CCCOC1)c1ccc2c(c1)OCCO2. The second kappa shape index (κ2) is 5.80. The van der Waals surface area contributed by atoms with Crippen molar-refractivity contribution in [2.75, 3.05) is 26.4 Å². The first-order valence-electron chi connectivity index (χ1n) is 7.06. The topological polar surface area (TPSA) is 39.7 Å².